The first kappa shape index (κ1) is 16.0. The Balaban J connectivity index is 2.31. The fourth-order valence-corrected chi connectivity index (χ4v) is 1.90. The van der Waals surface area contributed by atoms with Gasteiger partial charge in [-0.05, 0) is 24.1 Å². The number of hydrogen-bond acceptors (Lipinski definition) is 3. The molecule has 0 heterocycles. The van der Waals surface area contributed by atoms with Crippen LogP contribution in [0.1, 0.15) is 20.3 Å². The third-order valence-electron chi connectivity index (χ3n) is 2.74. The summed E-state index contributed by atoms with van der Waals surface area (Å²) < 4.78 is 6.42. The molecule has 0 radical (unpaired) electrons. The standard InChI is InChI=1S/C14H20BrNO3/c1-10(2)13(9-17)16-14(18)6-7-19-12-5-3-4-11(15)8-12/h3-5,8,10,13,17H,6-7,9H2,1-2H3,(H,16,18)/t13-/m1/s1. The van der Waals surface area contributed by atoms with Crippen LogP contribution in [0.25, 0.3) is 0 Å². The minimum atomic E-state index is -0.196. The molecule has 0 fully saturated rings. The third kappa shape index (κ3) is 6.07. The molecule has 106 valence electrons. The fraction of sp³-hybridized carbons (Fsp3) is 0.500. The molecule has 0 unspecified atom stereocenters. The lowest BCUT2D eigenvalue weighted by molar-refractivity contribution is -0.122. The molecule has 0 aliphatic rings. The maximum absolute atomic E-state index is 11.7. The number of rotatable bonds is 7. The summed E-state index contributed by atoms with van der Waals surface area (Å²) in [4.78, 5) is 11.7. The highest BCUT2D eigenvalue weighted by Crippen LogP contribution is 2.17. The quantitative estimate of drug-likeness (QED) is 0.807. The Bertz CT molecular complexity index is 409. The van der Waals surface area contributed by atoms with Gasteiger partial charge < -0.3 is 15.2 Å². The van der Waals surface area contributed by atoms with Crippen molar-refractivity contribution < 1.29 is 14.6 Å². The SMILES string of the molecule is CC(C)[C@@H](CO)NC(=O)CCOc1cccc(Br)c1. The van der Waals surface area contributed by atoms with Gasteiger partial charge in [0.05, 0.1) is 25.7 Å². The van der Waals surface area contributed by atoms with Gasteiger partial charge in [-0.25, -0.2) is 0 Å². The summed E-state index contributed by atoms with van der Waals surface area (Å²) in [6.45, 7) is 4.19. The van der Waals surface area contributed by atoms with E-state index in [9.17, 15) is 4.79 Å². The van der Waals surface area contributed by atoms with E-state index in [1.54, 1.807) is 0 Å². The number of hydrogen-bond donors (Lipinski definition) is 2. The largest absolute Gasteiger partial charge is 0.493 e. The van der Waals surface area contributed by atoms with Crippen molar-refractivity contribution >= 4 is 21.8 Å². The van der Waals surface area contributed by atoms with Crippen LogP contribution in [0, 0.1) is 5.92 Å². The summed E-state index contributed by atoms with van der Waals surface area (Å²) in [7, 11) is 0. The molecule has 1 aromatic rings. The Morgan fingerprint density at radius 1 is 1.47 bits per heavy atom. The van der Waals surface area contributed by atoms with Gasteiger partial charge in [0.25, 0.3) is 0 Å². The Kier molecular flexibility index (Phi) is 6.87. The number of amides is 1. The van der Waals surface area contributed by atoms with Crippen LogP contribution in [-0.4, -0.2) is 30.3 Å². The lowest BCUT2D eigenvalue weighted by atomic mass is 10.1. The molecule has 0 spiro atoms. The first-order valence-electron chi connectivity index (χ1n) is 6.31. The Morgan fingerprint density at radius 2 is 2.21 bits per heavy atom. The second-order valence-corrected chi connectivity index (χ2v) is 5.57. The minimum absolute atomic E-state index is 0.0457. The van der Waals surface area contributed by atoms with Crippen LogP contribution in [-0.2, 0) is 4.79 Å². The van der Waals surface area contributed by atoms with Gasteiger partial charge in [-0.15, -0.1) is 0 Å². The molecule has 1 atom stereocenters. The number of nitrogens with one attached hydrogen (secondary N) is 1. The van der Waals surface area contributed by atoms with Crippen molar-refractivity contribution in [1.29, 1.82) is 0 Å². The van der Waals surface area contributed by atoms with Crippen molar-refractivity contribution in [2.24, 2.45) is 5.92 Å². The van der Waals surface area contributed by atoms with E-state index in [1.807, 2.05) is 38.1 Å². The van der Waals surface area contributed by atoms with Crippen LogP contribution in [0.5, 0.6) is 5.75 Å². The van der Waals surface area contributed by atoms with Gasteiger partial charge in [-0.1, -0.05) is 35.8 Å². The van der Waals surface area contributed by atoms with Gasteiger partial charge >= 0.3 is 0 Å². The molecule has 5 heteroatoms. The first-order valence-corrected chi connectivity index (χ1v) is 7.11. The third-order valence-corrected chi connectivity index (χ3v) is 3.24. The molecule has 19 heavy (non-hydrogen) atoms. The van der Waals surface area contributed by atoms with Crippen molar-refractivity contribution in [2.75, 3.05) is 13.2 Å². The number of benzene rings is 1. The normalized spacial score (nSPS) is 12.3. The molecule has 4 nitrogen and oxygen atoms in total. The predicted octanol–water partition coefficient (Wildman–Crippen LogP) is 2.35. The number of ether oxygens (including phenoxy) is 1. The lowest BCUT2D eigenvalue weighted by Gasteiger charge is -2.19. The number of carbonyl (C=O) groups is 1. The molecule has 0 aromatic heterocycles. The van der Waals surface area contributed by atoms with Crippen molar-refractivity contribution in [2.45, 2.75) is 26.3 Å². The van der Waals surface area contributed by atoms with Crippen molar-refractivity contribution in [3.05, 3.63) is 28.7 Å². The van der Waals surface area contributed by atoms with Crippen LogP contribution in [0.2, 0.25) is 0 Å². The predicted molar refractivity (Wildman–Crippen MR) is 78.1 cm³/mol. The number of aliphatic hydroxyl groups is 1. The van der Waals surface area contributed by atoms with Gasteiger partial charge in [0.1, 0.15) is 5.75 Å². The van der Waals surface area contributed by atoms with Crippen molar-refractivity contribution in [3.63, 3.8) is 0 Å². The zero-order valence-corrected chi connectivity index (χ0v) is 12.8. The topological polar surface area (TPSA) is 58.6 Å². The number of aliphatic hydroxyl groups excluding tert-OH is 1. The molecule has 0 aliphatic carbocycles. The van der Waals surface area contributed by atoms with E-state index in [0.717, 1.165) is 10.2 Å². The van der Waals surface area contributed by atoms with Gasteiger partial charge in [0.2, 0.25) is 5.91 Å². The minimum Gasteiger partial charge on any atom is -0.493 e. The first-order chi connectivity index (χ1) is 9.02. The summed E-state index contributed by atoms with van der Waals surface area (Å²) in [5.74, 6) is 0.826. The maximum Gasteiger partial charge on any atom is 0.223 e. The second-order valence-electron chi connectivity index (χ2n) is 4.66. The summed E-state index contributed by atoms with van der Waals surface area (Å²) in [5, 5.41) is 11.9. The molecule has 1 rings (SSSR count). The lowest BCUT2D eigenvalue weighted by Crippen LogP contribution is -2.41. The highest BCUT2D eigenvalue weighted by Gasteiger charge is 2.14. The zero-order valence-electron chi connectivity index (χ0n) is 11.2. The van der Waals surface area contributed by atoms with Crippen LogP contribution in [0.3, 0.4) is 0 Å². The zero-order chi connectivity index (χ0) is 14.3. The van der Waals surface area contributed by atoms with Crippen LogP contribution < -0.4 is 10.1 Å². The van der Waals surface area contributed by atoms with E-state index >= 15 is 0 Å². The Morgan fingerprint density at radius 3 is 2.79 bits per heavy atom. The molecule has 1 amide bonds. The summed E-state index contributed by atoms with van der Waals surface area (Å²) in [6, 6.07) is 7.28. The van der Waals surface area contributed by atoms with Crippen molar-refractivity contribution in [1.82, 2.24) is 5.32 Å². The number of halogens is 1. The van der Waals surface area contributed by atoms with E-state index in [1.165, 1.54) is 0 Å². The average Bonchev–Trinajstić information content (AvgIpc) is 2.35. The highest BCUT2D eigenvalue weighted by atomic mass is 79.9. The van der Waals surface area contributed by atoms with Crippen LogP contribution in [0.4, 0.5) is 0 Å². The fourth-order valence-electron chi connectivity index (χ4n) is 1.52. The molecule has 0 saturated carbocycles. The van der Waals surface area contributed by atoms with Crippen LogP contribution >= 0.6 is 15.9 Å². The monoisotopic (exact) mass is 329 g/mol. The van der Waals surface area contributed by atoms with E-state index in [0.29, 0.717) is 6.61 Å². The molecular weight excluding hydrogens is 310 g/mol. The van der Waals surface area contributed by atoms with E-state index < -0.39 is 0 Å². The maximum atomic E-state index is 11.7. The second kappa shape index (κ2) is 8.17. The summed E-state index contributed by atoms with van der Waals surface area (Å²) >= 11 is 3.35. The molecule has 2 N–H and O–H groups in total. The van der Waals surface area contributed by atoms with Crippen molar-refractivity contribution in [3.8, 4) is 5.75 Å². The number of carbonyl (C=O) groups excluding carboxylic acids is 1. The van der Waals surface area contributed by atoms with Gasteiger partial charge in [0, 0.05) is 4.47 Å². The van der Waals surface area contributed by atoms with Crippen LogP contribution in [0.15, 0.2) is 28.7 Å². The van der Waals surface area contributed by atoms with Gasteiger partial charge in [0.15, 0.2) is 0 Å². The summed E-state index contributed by atoms with van der Waals surface area (Å²) in [6.07, 6.45) is 0.274. The van der Waals surface area contributed by atoms with E-state index in [2.05, 4.69) is 21.2 Å². The van der Waals surface area contributed by atoms with Gasteiger partial charge in [-0.3, -0.25) is 4.79 Å². The smallest absolute Gasteiger partial charge is 0.223 e. The highest BCUT2D eigenvalue weighted by molar-refractivity contribution is 9.10. The van der Waals surface area contributed by atoms with E-state index in [4.69, 9.17) is 9.84 Å². The molecule has 0 saturated heterocycles. The molecule has 0 bridgehead atoms. The Hall–Kier alpha value is -1.07. The average molecular weight is 330 g/mol. The molecule has 0 aliphatic heterocycles. The summed E-state index contributed by atoms with van der Waals surface area (Å²) in [5.41, 5.74) is 0. The Labute approximate surface area is 122 Å². The molecular formula is C14H20BrNO3. The van der Waals surface area contributed by atoms with E-state index in [-0.39, 0.29) is 30.9 Å². The molecule has 1 aromatic carbocycles. The van der Waals surface area contributed by atoms with Gasteiger partial charge in [-0.2, -0.15) is 0 Å².